The van der Waals surface area contributed by atoms with Gasteiger partial charge in [-0.1, -0.05) is 24.8 Å². The van der Waals surface area contributed by atoms with Gasteiger partial charge in [0, 0.05) is 11.3 Å². The van der Waals surface area contributed by atoms with Crippen LogP contribution in [-0.2, 0) is 4.79 Å². The monoisotopic (exact) mass is 306 g/mol. The minimum Gasteiger partial charge on any atom is -0.508 e. The number of aliphatic carboxylic acids is 1. The Morgan fingerprint density at radius 3 is 2.71 bits per heavy atom. The summed E-state index contributed by atoms with van der Waals surface area (Å²) in [6, 6.07) is 6.48. The lowest BCUT2D eigenvalue weighted by molar-refractivity contribution is -0.132. The van der Waals surface area contributed by atoms with E-state index < -0.39 is 5.97 Å². The van der Waals surface area contributed by atoms with Crippen molar-refractivity contribution >= 4 is 17.7 Å². The van der Waals surface area contributed by atoms with Crippen LogP contribution in [0.2, 0.25) is 0 Å². The van der Waals surface area contributed by atoms with Crippen LogP contribution in [0.5, 0.6) is 5.75 Å². The van der Waals surface area contributed by atoms with Crippen molar-refractivity contribution in [2.75, 3.05) is 5.75 Å². The van der Waals surface area contributed by atoms with Gasteiger partial charge in [-0.05, 0) is 41.1 Å². The van der Waals surface area contributed by atoms with Crippen LogP contribution in [0, 0.1) is 0 Å². The van der Waals surface area contributed by atoms with Gasteiger partial charge in [0.15, 0.2) is 0 Å². The largest absolute Gasteiger partial charge is 0.508 e. The van der Waals surface area contributed by atoms with Crippen LogP contribution < -0.4 is 0 Å². The summed E-state index contributed by atoms with van der Waals surface area (Å²) in [5.74, 6) is -0.275. The van der Waals surface area contributed by atoms with Crippen LogP contribution in [0.1, 0.15) is 13.3 Å². The van der Waals surface area contributed by atoms with Gasteiger partial charge in [0.2, 0.25) is 5.16 Å². The number of hydrogen-bond donors (Lipinski definition) is 2. The highest BCUT2D eigenvalue weighted by molar-refractivity contribution is 7.99. The van der Waals surface area contributed by atoms with E-state index >= 15 is 0 Å². The highest BCUT2D eigenvalue weighted by Gasteiger charge is 2.09. The molecule has 0 aliphatic heterocycles. The van der Waals surface area contributed by atoms with Crippen molar-refractivity contribution in [1.82, 2.24) is 20.2 Å². The summed E-state index contributed by atoms with van der Waals surface area (Å²) >= 11 is 1.34. The number of aromatic nitrogens is 4. The van der Waals surface area contributed by atoms with Gasteiger partial charge in [-0.3, -0.25) is 0 Å². The van der Waals surface area contributed by atoms with Gasteiger partial charge in [-0.15, -0.1) is 5.10 Å². The fraction of sp³-hybridized carbons (Fsp3) is 0.231. The summed E-state index contributed by atoms with van der Waals surface area (Å²) in [6.07, 6.45) is 2.13. The number of carbonyl (C=O) groups is 1. The predicted octanol–water partition coefficient (Wildman–Crippen LogP) is 1.88. The number of aromatic hydroxyl groups is 1. The molecule has 0 spiro atoms. The molecule has 0 aliphatic carbocycles. The molecule has 2 N–H and O–H groups in total. The van der Waals surface area contributed by atoms with E-state index in [0.717, 1.165) is 5.69 Å². The maximum atomic E-state index is 10.9. The lowest BCUT2D eigenvalue weighted by Crippen LogP contribution is -2.01. The molecule has 8 heteroatoms. The Morgan fingerprint density at radius 1 is 1.38 bits per heavy atom. The summed E-state index contributed by atoms with van der Waals surface area (Å²) < 4.78 is 1.53. The zero-order valence-corrected chi connectivity index (χ0v) is 12.1. The minimum absolute atomic E-state index is 0.165. The topological polar surface area (TPSA) is 101 Å². The Kier molecular flexibility index (Phi) is 4.94. The number of rotatable bonds is 6. The smallest absolute Gasteiger partial charge is 0.331 e. The maximum absolute atomic E-state index is 10.9. The molecule has 0 bridgehead atoms. The SMILES string of the molecule is CCC(=CCSc1nnnn1-c1ccc(O)cc1)C(=O)O. The quantitative estimate of drug-likeness (QED) is 0.620. The Balaban J connectivity index is 2.11. The van der Waals surface area contributed by atoms with Gasteiger partial charge in [0.1, 0.15) is 5.75 Å². The number of carboxylic acid groups (broad SMARTS) is 1. The molecular formula is C13H14N4O3S. The van der Waals surface area contributed by atoms with E-state index in [4.69, 9.17) is 5.11 Å². The Bertz CT molecular complexity index is 652. The van der Waals surface area contributed by atoms with E-state index in [1.165, 1.54) is 16.4 Å². The number of carboxylic acids is 1. The van der Waals surface area contributed by atoms with Gasteiger partial charge in [-0.25, -0.2) is 4.79 Å². The number of phenolic OH excluding ortho intramolecular Hbond substituents is 1. The molecule has 1 heterocycles. The van der Waals surface area contributed by atoms with Gasteiger partial charge < -0.3 is 10.2 Å². The molecule has 0 unspecified atom stereocenters. The van der Waals surface area contributed by atoms with Gasteiger partial charge in [0.05, 0.1) is 5.69 Å². The first-order chi connectivity index (χ1) is 10.1. The summed E-state index contributed by atoms with van der Waals surface area (Å²) in [5, 5.41) is 30.2. The fourth-order valence-corrected chi connectivity index (χ4v) is 2.42. The molecule has 0 amide bonds. The lowest BCUT2D eigenvalue weighted by atomic mass is 10.2. The molecular weight excluding hydrogens is 292 g/mol. The van der Waals surface area contributed by atoms with E-state index in [2.05, 4.69) is 15.5 Å². The molecule has 2 aromatic rings. The third-order valence-corrected chi connectivity index (χ3v) is 3.58. The molecule has 21 heavy (non-hydrogen) atoms. The normalized spacial score (nSPS) is 11.6. The number of tetrazole rings is 1. The second-order valence-electron chi connectivity index (χ2n) is 4.09. The van der Waals surface area contributed by atoms with Crippen LogP contribution >= 0.6 is 11.8 Å². The molecule has 1 aromatic carbocycles. The Labute approximate surface area is 125 Å². The maximum Gasteiger partial charge on any atom is 0.331 e. The number of thioether (sulfide) groups is 1. The molecule has 0 radical (unpaired) electrons. The number of benzene rings is 1. The van der Waals surface area contributed by atoms with Crippen molar-refractivity contribution in [3.8, 4) is 11.4 Å². The molecule has 110 valence electrons. The highest BCUT2D eigenvalue weighted by Crippen LogP contribution is 2.20. The van der Waals surface area contributed by atoms with Crippen LogP contribution in [0.15, 0.2) is 41.1 Å². The van der Waals surface area contributed by atoms with Gasteiger partial charge in [-0.2, -0.15) is 4.68 Å². The standard InChI is InChI=1S/C13H14N4O3S/c1-2-9(12(19)20)7-8-21-13-14-15-16-17(13)10-3-5-11(18)6-4-10/h3-7,18H,2,8H2,1H3,(H,19,20). The Hall–Kier alpha value is -2.35. The van der Waals surface area contributed by atoms with E-state index in [1.807, 2.05) is 0 Å². The van der Waals surface area contributed by atoms with Crippen LogP contribution in [0.4, 0.5) is 0 Å². The zero-order chi connectivity index (χ0) is 15.2. The second kappa shape index (κ2) is 6.89. The zero-order valence-electron chi connectivity index (χ0n) is 11.3. The first kappa shape index (κ1) is 15.0. The average molecular weight is 306 g/mol. The summed E-state index contributed by atoms with van der Waals surface area (Å²) in [5.41, 5.74) is 1.09. The van der Waals surface area contributed by atoms with Crippen molar-refractivity contribution < 1.29 is 15.0 Å². The van der Waals surface area contributed by atoms with E-state index in [-0.39, 0.29) is 5.75 Å². The number of hydrogen-bond acceptors (Lipinski definition) is 6. The highest BCUT2D eigenvalue weighted by atomic mass is 32.2. The first-order valence-corrected chi connectivity index (χ1v) is 7.23. The van der Waals surface area contributed by atoms with E-state index in [1.54, 1.807) is 37.3 Å². The molecule has 2 rings (SSSR count). The second-order valence-corrected chi connectivity index (χ2v) is 5.08. The van der Waals surface area contributed by atoms with E-state index in [9.17, 15) is 9.90 Å². The third kappa shape index (κ3) is 3.82. The van der Waals surface area contributed by atoms with Crippen molar-refractivity contribution in [2.45, 2.75) is 18.5 Å². The van der Waals surface area contributed by atoms with Crippen molar-refractivity contribution in [3.05, 3.63) is 35.9 Å². The van der Waals surface area contributed by atoms with Gasteiger partial charge >= 0.3 is 5.97 Å². The molecule has 0 saturated carbocycles. The summed E-state index contributed by atoms with van der Waals surface area (Å²) in [7, 11) is 0. The first-order valence-electron chi connectivity index (χ1n) is 6.24. The molecule has 0 atom stereocenters. The van der Waals surface area contributed by atoms with Crippen molar-refractivity contribution in [3.63, 3.8) is 0 Å². The third-order valence-electron chi connectivity index (χ3n) is 2.73. The number of nitrogens with zero attached hydrogens (tertiary/aromatic N) is 4. The number of phenols is 1. The van der Waals surface area contributed by atoms with Crippen molar-refractivity contribution in [2.24, 2.45) is 0 Å². The van der Waals surface area contributed by atoms with Crippen LogP contribution in [0.25, 0.3) is 5.69 Å². The Morgan fingerprint density at radius 2 is 2.10 bits per heavy atom. The van der Waals surface area contributed by atoms with Gasteiger partial charge in [0.25, 0.3) is 0 Å². The lowest BCUT2D eigenvalue weighted by Gasteiger charge is -2.03. The predicted molar refractivity (Wildman–Crippen MR) is 77.6 cm³/mol. The summed E-state index contributed by atoms with van der Waals surface area (Å²) in [6.45, 7) is 1.80. The molecule has 0 saturated heterocycles. The minimum atomic E-state index is -0.906. The molecule has 0 fully saturated rings. The van der Waals surface area contributed by atoms with E-state index in [0.29, 0.717) is 22.9 Å². The average Bonchev–Trinajstić information content (AvgIpc) is 2.92. The van der Waals surface area contributed by atoms with Crippen LogP contribution in [-0.4, -0.2) is 42.1 Å². The molecule has 0 aliphatic rings. The fourth-order valence-electron chi connectivity index (χ4n) is 1.62. The van der Waals surface area contributed by atoms with Crippen LogP contribution in [0.3, 0.4) is 0 Å². The summed E-state index contributed by atoms with van der Waals surface area (Å²) in [4.78, 5) is 10.9. The molecule has 1 aromatic heterocycles. The molecule has 7 nitrogen and oxygen atoms in total. The van der Waals surface area contributed by atoms with Crippen molar-refractivity contribution in [1.29, 1.82) is 0 Å².